The monoisotopic (exact) mass is 261 g/mol. The van der Waals surface area contributed by atoms with Crippen LogP contribution in [0.4, 0.5) is 0 Å². The van der Waals surface area contributed by atoms with E-state index in [-0.39, 0.29) is 0 Å². The number of hydrogen-bond acceptors (Lipinski definition) is 2. The van der Waals surface area contributed by atoms with Crippen molar-refractivity contribution in [1.29, 1.82) is 0 Å². The van der Waals surface area contributed by atoms with E-state index in [2.05, 4.69) is 18.9 Å². The van der Waals surface area contributed by atoms with E-state index in [9.17, 15) is 9.90 Å². The Bertz CT molecular complexity index is 444. The molecule has 2 unspecified atom stereocenters. The summed E-state index contributed by atoms with van der Waals surface area (Å²) in [6, 6.07) is 7.98. The maximum atomic E-state index is 11.2. The number of benzene rings is 1. The lowest BCUT2D eigenvalue weighted by Crippen LogP contribution is -2.35. The first-order valence-electron chi connectivity index (χ1n) is 7.11. The van der Waals surface area contributed by atoms with Gasteiger partial charge in [0.25, 0.3) is 0 Å². The van der Waals surface area contributed by atoms with Gasteiger partial charge in [0.2, 0.25) is 0 Å². The van der Waals surface area contributed by atoms with Crippen molar-refractivity contribution in [3.8, 4) is 0 Å². The Kier molecular flexibility index (Phi) is 4.59. The first-order valence-corrected chi connectivity index (χ1v) is 7.11. The van der Waals surface area contributed by atoms with Crippen LogP contribution in [-0.2, 0) is 6.42 Å². The van der Waals surface area contributed by atoms with E-state index in [1.165, 1.54) is 19.3 Å². The van der Waals surface area contributed by atoms with Crippen LogP contribution in [0.5, 0.6) is 0 Å². The van der Waals surface area contributed by atoms with Crippen molar-refractivity contribution < 1.29 is 9.90 Å². The number of likely N-dealkylation sites (N-methyl/N-ethyl adjacent to an activating group) is 1. The summed E-state index contributed by atoms with van der Waals surface area (Å²) in [6.45, 7) is 3.25. The largest absolute Gasteiger partial charge is 0.478 e. The molecule has 1 aliphatic carbocycles. The zero-order valence-corrected chi connectivity index (χ0v) is 11.8. The van der Waals surface area contributed by atoms with E-state index in [0.717, 1.165) is 24.4 Å². The Labute approximate surface area is 115 Å². The van der Waals surface area contributed by atoms with E-state index >= 15 is 0 Å². The average Bonchev–Trinajstić information content (AvgIpc) is 2.82. The Morgan fingerprint density at radius 1 is 1.37 bits per heavy atom. The molecule has 2 rings (SSSR count). The molecule has 1 N–H and O–H groups in total. The molecule has 0 amide bonds. The van der Waals surface area contributed by atoms with Crippen LogP contribution in [0.25, 0.3) is 0 Å². The average molecular weight is 261 g/mol. The van der Waals surface area contributed by atoms with Crippen molar-refractivity contribution in [2.75, 3.05) is 13.6 Å². The smallest absolute Gasteiger partial charge is 0.335 e. The highest BCUT2D eigenvalue weighted by Gasteiger charge is 2.26. The minimum Gasteiger partial charge on any atom is -0.478 e. The lowest BCUT2D eigenvalue weighted by atomic mass is 10.0. The van der Waals surface area contributed by atoms with E-state index in [0.29, 0.717) is 11.6 Å². The van der Waals surface area contributed by atoms with Gasteiger partial charge < -0.3 is 10.0 Å². The normalized spacial score (nSPS) is 22.9. The number of nitrogens with zero attached hydrogens (tertiary/aromatic N) is 1. The van der Waals surface area contributed by atoms with Gasteiger partial charge in [0.1, 0.15) is 0 Å². The van der Waals surface area contributed by atoms with Crippen molar-refractivity contribution in [2.45, 2.75) is 38.6 Å². The van der Waals surface area contributed by atoms with Crippen LogP contribution in [0.2, 0.25) is 0 Å². The third-order valence-electron chi connectivity index (χ3n) is 4.36. The van der Waals surface area contributed by atoms with Gasteiger partial charge in [-0.2, -0.15) is 0 Å². The van der Waals surface area contributed by atoms with Crippen molar-refractivity contribution >= 4 is 5.97 Å². The standard InChI is InChI=1S/C16H23NO2/c1-12-6-5-9-15(12)17(2)11-10-13-7-3-4-8-14(13)16(18)19/h3-4,7-8,12,15H,5-6,9-11H2,1-2H3,(H,18,19). The van der Waals surface area contributed by atoms with Gasteiger partial charge in [-0.15, -0.1) is 0 Å². The molecule has 1 fully saturated rings. The number of hydrogen-bond donors (Lipinski definition) is 1. The molecule has 3 nitrogen and oxygen atoms in total. The Morgan fingerprint density at radius 3 is 2.74 bits per heavy atom. The Balaban J connectivity index is 1.97. The molecule has 0 aromatic heterocycles. The maximum Gasteiger partial charge on any atom is 0.335 e. The lowest BCUT2D eigenvalue weighted by Gasteiger charge is -2.28. The molecule has 0 bridgehead atoms. The third-order valence-corrected chi connectivity index (χ3v) is 4.36. The van der Waals surface area contributed by atoms with Gasteiger partial charge in [-0.25, -0.2) is 4.79 Å². The number of rotatable bonds is 5. The van der Waals surface area contributed by atoms with Crippen molar-refractivity contribution in [3.63, 3.8) is 0 Å². The topological polar surface area (TPSA) is 40.5 Å². The second-order valence-corrected chi connectivity index (χ2v) is 5.67. The molecule has 1 saturated carbocycles. The molecule has 2 atom stereocenters. The van der Waals surface area contributed by atoms with Gasteiger partial charge in [-0.3, -0.25) is 0 Å². The number of carboxylic acids is 1. The Morgan fingerprint density at radius 2 is 2.11 bits per heavy atom. The molecular formula is C16H23NO2. The minimum absolute atomic E-state index is 0.440. The van der Waals surface area contributed by atoms with E-state index in [4.69, 9.17) is 0 Å². The molecule has 1 aliphatic rings. The number of aromatic carboxylic acids is 1. The summed E-state index contributed by atoms with van der Waals surface area (Å²) in [5, 5.41) is 9.17. The van der Waals surface area contributed by atoms with Gasteiger partial charge in [0.15, 0.2) is 0 Å². The van der Waals surface area contributed by atoms with E-state index < -0.39 is 5.97 Å². The summed E-state index contributed by atoms with van der Waals surface area (Å²) in [6.07, 6.45) is 4.73. The van der Waals surface area contributed by atoms with Gasteiger partial charge in [0.05, 0.1) is 5.56 Å². The van der Waals surface area contributed by atoms with Crippen molar-refractivity contribution in [2.24, 2.45) is 5.92 Å². The zero-order valence-electron chi connectivity index (χ0n) is 11.8. The fourth-order valence-electron chi connectivity index (χ4n) is 3.19. The highest BCUT2D eigenvalue weighted by molar-refractivity contribution is 5.89. The quantitative estimate of drug-likeness (QED) is 0.885. The second kappa shape index (κ2) is 6.20. The van der Waals surface area contributed by atoms with Crippen LogP contribution in [-0.4, -0.2) is 35.6 Å². The fraction of sp³-hybridized carbons (Fsp3) is 0.562. The van der Waals surface area contributed by atoms with Crippen molar-refractivity contribution in [1.82, 2.24) is 4.90 Å². The van der Waals surface area contributed by atoms with Crippen LogP contribution in [0.1, 0.15) is 42.1 Å². The SMILES string of the molecule is CC1CCCC1N(C)CCc1ccccc1C(=O)O. The van der Waals surface area contributed by atoms with Gasteiger partial charge in [0, 0.05) is 12.6 Å². The third kappa shape index (κ3) is 3.35. The van der Waals surface area contributed by atoms with Crippen LogP contribution in [0, 0.1) is 5.92 Å². The molecule has 3 heteroatoms. The summed E-state index contributed by atoms with van der Waals surface area (Å²) in [4.78, 5) is 13.6. The van der Waals surface area contributed by atoms with Crippen LogP contribution >= 0.6 is 0 Å². The fourth-order valence-corrected chi connectivity index (χ4v) is 3.19. The Hall–Kier alpha value is -1.35. The summed E-state index contributed by atoms with van der Waals surface area (Å²) in [7, 11) is 2.16. The van der Waals surface area contributed by atoms with Crippen LogP contribution in [0.3, 0.4) is 0 Å². The summed E-state index contributed by atoms with van der Waals surface area (Å²) < 4.78 is 0. The van der Waals surface area contributed by atoms with Gasteiger partial charge >= 0.3 is 5.97 Å². The first kappa shape index (κ1) is 14.1. The molecule has 1 aromatic rings. The van der Waals surface area contributed by atoms with E-state index in [1.807, 2.05) is 12.1 Å². The van der Waals surface area contributed by atoms with Gasteiger partial charge in [-0.05, 0) is 43.9 Å². The van der Waals surface area contributed by atoms with Crippen LogP contribution < -0.4 is 0 Å². The van der Waals surface area contributed by atoms with Gasteiger partial charge in [-0.1, -0.05) is 31.5 Å². The summed E-state index contributed by atoms with van der Waals surface area (Å²) >= 11 is 0. The summed E-state index contributed by atoms with van der Waals surface area (Å²) in [5.74, 6) is -0.0628. The molecule has 0 spiro atoms. The van der Waals surface area contributed by atoms with E-state index in [1.54, 1.807) is 12.1 Å². The zero-order chi connectivity index (χ0) is 13.8. The predicted octanol–water partition coefficient (Wildman–Crippen LogP) is 3.05. The molecule has 19 heavy (non-hydrogen) atoms. The maximum absolute atomic E-state index is 11.2. The van der Waals surface area contributed by atoms with Crippen LogP contribution in [0.15, 0.2) is 24.3 Å². The molecule has 0 aliphatic heterocycles. The number of carbonyl (C=O) groups is 1. The molecule has 0 saturated heterocycles. The highest BCUT2D eigenvalue weighted by Crippen LogP contribution is 2.28. The first-order chi connectivity index (χ1) is 9.09. The molecule has 104 valence electrons. The molecular weight excluding hydrogens is 238 g/mol. The molecule has 0 radical (unpaired) electrons. The second-order valence-electron chi connectivity index (χ2n) is 5.67. The molecule has 0 heterocycles. The van der Waals surface area contributed by atoms with Crippen molar-refractivity contribution in [3.05, 3.63) is 35.4 Å². The number of carboxylic acid groups (broad SMARTS) is 1. The predicted molar refractivity (Wildman–Crippen MR) is 76.5 cm³/mol. The summed E-state index contributed by atoms with van der Waals surface area (Å²) in [5.41, 5.74) is 1.38. The molecule has 1 aromatic carbocycles. The minimum atomic E-state index is -0.826. The highest BCUT2D eigenvalue weighted by atomic mass is 16.4. The lowest BCUT2D eigenvalue weighted by molar-refractivity contribution is 0.0695.